The van der Waals surface area contributed by atoms with Crippen molar-refractivity contribution in [2.45, 2.75) is 0 Å². The van der Waals surface area contributed by atoms with E-state index < -0.39 is 14.8 Å². The molecule has 0 radical (unpaired) electrons. The maximum atomic E-state index is 10.8. The lowest BCUT2D eigenvalue weighted by molar-refractivity contribution is -0.385. The summed E-state index contributed by atoms with van der Waals surface area (Å²) in [4.78, 5) is 33.3. The number of anilines is 3. The van der Waals surface area contributed by atoms with Crippen molar-refractivity contribution in [1.82, 2.24) is 4.90 Å². The lowest BCUT2D eigenvalue weighted by Gasteiger charge is -2.23. The van der Waals surface area contributed by atoms with E-state index in [0.29, 0.717) is 39.3 Å². The average Bonchev–Trinajstić information content (AvgIpc) is 2.89. The second-order valence-corrected chi connectivity index (χ2v) is 8.03. The van der Waals surface area contributed by atoms with E-state index in [0.717, 1.165) is 17.1 Å². The minimum absolute atomic E-state index is 0.0295. The smallest absolute Gasteiger partial charge is 0.269 e. The largest absolute Gasteiger partial charge is 0.384 e. The SMILES string of the molecule is O=[N+]([O-])c1ccc(NCCN(CCNc2ccc([N+](=O)[O-])cc2)CCNc2ccc([N+](=O)[O-])cc2)cc1. The molecule has 0 saturated heterocycles. The summed E-state index contributed by atoms with van der Waals surface area (Å²) in [6, 6.07) is 18.6. The summed E-state index contributed by atoms with van der Waals surface area (Å²) in [6.45, 7) is 3.86. The summed E-state index contributed by atoms with van der Waals surface area (Å²) in [5, 5.41) is 42.2. The fourth-order valence-corrected chi connectivity index (χ4v) is 3.51. The molecule has 13 heteroatoms. The van der Waals surface area contributed by atoms with Crippen molar-refractivity contribution in [3.8, 4) is 0 Å². The van der Waals surface area contributed by atoms with Gasteiger partial charge in [-0.15, -0.1) is 0 Å². The monoisotopic (exact) mass is 509 g/mol. The van der Waals surface area contributed by atoms with Gasteiger partial charge in [-0.1, -0.05) is 0 Å². The number of hydrogen-bond acceptors (Lipinski definition) is 10. The second kappa shape index (κ2) is 13.3. The third kappa shape index (κ3) is 8.74. The Morgan fingerprint density at radius 2 is 0.730 bits per heavy atom. The molecule has 0 fully saturated rings. The van der Waals surface area contributed by atoms with Gasteiger partial charge in [-0.25, -0.2) is 0 Å². The summed E-state index contributed by atoms with van der Waals surface area (Å²) in [6.07, 6.45) is 0. The van der Waals surface area contributed by atoms with Gasteiger partial charge >= 0.3 is 0 Å². The first-order valence-electron chi connectivity index (χ1n) is 11.5. The van der Waals surface area contributed by atoms with Crippen LogP contribution in [0.1, 0.15) is 0 Å². The minimum atomic E-state index is -0.443. The highest BCUT2D eigenvalue weighted by molar-refractivity contribution is 5.50. The molecule has 0 heterocycles. The Morgan fingerprint density at radius 1 is 0.486 bits per heavy atom. The van der Waals surface area contributed by atoms with Crippen LogP contribution in [0.15, 0.2) is 72.8 Å². The van der Waals surface area contributed by atoms with Crippen molar-refractivity contribution in [3.63, 3.8) is 0 Å². The number of nitrogens with one attached hydrogen (secondary N) is 3. The zero-order valence-electron chi connectivity index (χ0n) is 19.9. The maximum absolute atomic E-state index is 10.8. The van der Waals surface area contributed by atoms with Crippen LogP contribution in [0.25, 0.3) is 0 Å². The number of nitro groups is 3. The molecule has 3 N–H and O–H groups in total. The lowest BCUT2D eigenvalue weighted by atomic mass is 10.2. The number of rotatable bonds is 15. The molecule has 0 aromatic heterocycles. The zero-order chi connectivity index (χ0) is 26.6. The highest BCUT2D eigenvalue weighted by Crippen LogP contribution is 2.17. The zero-order valence-corrected chi connectivity index (χ0v) is 19.9. The summed E-state index contributed by atoms with van der Waals surface area (Å²) < 4.78 is 0. The number of non-ortho nitro benzene ring substituents is 3. The molecule has 194 valence electrons. The fraction of sp³-hybridized carbons (Fsp3) is 0.250. The number of hydrogen-bond donors (Lipinski definition) is 3. The van der Waals surface area contributed by atoms with E-state index in [-0.39, 0.29) is 17.1 Å². The van der Waals surface area contributed by atoms with Gasteiger partial charge in [0.2, 0.25) is 0 Å². The van der Waals surface area contributed by atoms with Gasteiger partial charge in [0.05, 0.1) is 14.8 Å². The van der Waals surface area contributed by atoms with Gasteiger partial charge < -0.3 is 16.0 Å². The molecule has 0 bridgehead atoms. The third-order valence-electron chi connectivity index (χ3n) is 5.51. The van der Waals surface area contributed by atoms with Crippen LogP contribution in [0.5, 0.6) is 0 Å². The van der Waals surface area contributed by atoms with Crippen LogP contribution in [0.2, 0.25) is 0 Å². The van der Waals surface area contributed by atoms with E-state index in [1.807, 2.05) is 0 Å². The van der Waals surface area contributed by atoms with Crippen LogP contribution in [-0.4, -0.2) is 58.9 Å². The first-order chi connectivity index (χ1) is 17.8. The molecule has 0 atom stereocenters. The van der Waals surface area contributed by atoms with Crippen LogP contribution in [-0.2, 0) is 0 Å². The Bertz CT molecular complexity index is 1040. The third-order valence-corrected chi connectivity index (χ3v) is 5.51. The lowest BCUT2D eigenvalue weighted by Crippen LogP contribution is -2.36. The molecule has 0 aliphatic heterocycles. The van der Waals surface area contributed by atoms with Crippen molar-refractivity contribution < 1.29 is 14.8 Å². The number of nitro benzene ring substituents is 3. The summed E-state index contributed by atoms with van der Waals surface area (Å²) >= 11 is 0. The summed E-state index contributed by atoms with van der Waals surface area (Å²) in [7, 11) is 0. The van der Waals surface area contributed by atoms with Crippen molar-refractivity contribution in [2.24, 2.45) is 0 Å². The summed E-state index contributed by atoms with van der Waals surface area (Å²) in [5.74, 6) is 0. The molecule has 13 nitrogen and oxygen atoms in total. The normalized spacial score (nSPS) is 10.6. The number of benzene rings is 3. The van der Waals surface area contributed by atoms with E-state index in [9.17, 15) is 30.3 Å². The van der Waals surface area contributed by atoms with E-state index in [1.54, 1.807) is 36.4 Å². The molecule has 3 aromatic carbocycles. The quantitative estimate of drug-likeness (QED) is 0.198. The van der Waals surface area contributed by atoms with Gasteiger partial charge in [0.25, 0.3) is 17.1 Å². The van der Waals surface area contributed by atoms with E-state index in [2.05, 4.69) is 20.9 Å². The molecule has 0 amide bonds. The molecular weight excluding hydrogens is 482 g/mol. The Hall–Kier alpha value is -4.78. The fourth-order valence-electron chi connectivity index (χ4n) is 3.51. The van der Waals surface area contributed by atoms with Crippen LogP contribution in [0.4, 0.5) is 34.1 Å². The molecule has 0 aliphatic carbocycles. The molecule has 0 saturated carbocycles. The Labute approximate surface area is 212 Å². The van der Waals surface area contributed by atoms with Gasteiger partial charge in [0.15, 0.2) is 0 Å². The maximum Gasteiger partial charge on any atom is 0.269 e. The van der Waals surface area contributed by atoms with Gasteiger partial charge in [-0.2, -0.15) is 0 Å². The van der Waals surface area contributed by atoms with Crippen LogP contribution in [0.3, 0.4) is 0 Å². The van der Waals surface area contributed by atoms with Crippen molar-refractivity contribution in [3.05, 3.63) is 103 Å². The van der Waals surface area contributed by atoms with E-state index in [4.69, 9.17) is 0 Å². The molecule has 3 rings (SSSR count). The Kier molecular flexibility index (Phi) is 9.67. The first-order valence-corrected chi connectivity index (χ1v) is 11.5. The molecule has 0 spiro atoms. The van der Waals surface area contributed by atoms with Crippen molar-refractivity contribution >= 4 is 34.1 Å². The topological polar surface area (TPSA) is 169 Å². The molecule has 3 aromatic rings. The molecular formula is C24H27N7O6. The van der Waals surface area contributed by atoms with Gasteiger partial charge in [-0.3, -0.25) is 35.2 Å². The Morgan fingerprint density at radius 3 is 0.946 bits per heavy atom. The van der Waals surface area contributed by atoms with Crippen LogP contribution >= 0.6 is 0 Å². The standard InChI is InChI=1S/C24H27N7O6/c32-29(33)22-7-1-19(2-8-22)25-13-16-28(17-14-26-20-3-9-23(10-4-20)30(34)35)18-15-27-21-5-11-24(12-6-21)31(36)37/h1-12,25-27H,13-18H2. The van der Waals surface area contributed by atoms with Crippen molar-refractivity contribution in [1.29, 1.82) is 0 Å². The highest BCUT2D eigenvalue weighted by atomic mass is 16.6. The average molecular weight is 510 g/mol. The first kappa shape index (κ1) is 26.8. The predicted octanol–water partition coefficient (Wildman–Crippen LogP) is 4.35. The summed E-state index contributed by atoms with van der Waals surface area (Å²) in [5.41, 5.74) is 2.42. The minimum Gasteiger partial charge on any atom is -0.384 e. The second-order valence-electron chi connectivity index (χ2n) is 8.03. The molecule has 37 heavy (non-hydrogen) atoms. The number of nitrogens with zero attached hydrogens (tertiary/aromatic N) is 4. The van der Waals surface area contributed by atoms with E-state index >= 15 is 0 Å². The molecule has 0 aliphatic rings. The van der Waals surface area contributed by atoms with Gasteiger partial charge in [0, 0.05) is 92.7 Å². The van der Waals surface area contributed by atoms with Crippen LogP contribution < -0.4 is 16.0 Å². The van der Waals surface area contributed by atoms with Gasteiger partial charge in [0.1, 0.15) is 0 Å². The predicted molar refractivity (Wildman–Crippen MR) is 141 cm³/mol. The Balaban J connectivity index is 1.51. The van der Waals surface area contributed by atoms with Crippen LogP contribution in [0, 0.1) is 30.3 Å². The molecule has 0 unspecified atom stereocenters. The highest BCUT2D eigenvalue weighted by Gasteiger charge is 2.09. The van der Waals surface area contributed by atoms with Gasteiger partial charge in [-0.05, 0) is 36.4 Å². The van der Waals surface area contributed by atoms with E-state index in [1.165, 1.54) is 36.4 Å². The van der Waals surface area contributed by atoms with Crippen molar-refractivity contribution in [2.75, 3.05) is 55.2 Å².